The number of nitrogens with one attached hydrogen (secondary N) is 3. The van der Waals surface area contributed by atoms with Crippen LogP contribution in [-0.2, 0) is 19.6 Å². The van der Waals surface area contributed by atoms with Crippen LogP contribution in [-0.4, -0.2) is 38.9 Å². The van der Waals surface area contributed by atoms with Gasteiger partial charge in [-0.05, 0) is 51.9 Å². The quantitative estimate of drug-likeness (QED) is 0.569. The molecule has 0 radical (unpaired) electrons. The summed E-state index contributed by atoms with van der Waals surface area (Å²) in [6.45, 7) is 3.45. The minimum Gasteiger partial charge on any atom is -0.344 e. The molecule has 2 amide bonds. The van der Waals surface area contributed by atoms with Crippen molar-refractivity contribution in [2.75, 3.05) is 12.4 Å². The van der Waals surface area contributed by atoms with Crippen LogP contribution >= 0.6 is 0 Å². The van der Waals surface area contributed by atoms with Crippen molar-refractivity contribution in [3.05, 3.63) is 24.3 Å². The summed E-state index contributed by atoms with van der Waals surface area (Å²) in [6, 6.07) is 5.12. The number of amides is 2. The predicted molar refractivity (Wildman–Crippen MR) is 103 cm³/mol. The van der Waals surface area contributed by atoms with Gasteiger partial charge in [0.1, 0.15) is 6.04 Å². The van der Waals surface area contributed by atoms with Gasteiger partial charge in [0.2, 0.25) is 21.8 Å². The van der Waals surface area contributed by atoms with E-state index in [4.69, 9.17) is 5.73 Å². The number of hydrogen-bond donors (Lipinski definition) is 4. The molecule has 0 bridgehead atoms. The van der Waals surface area contributed by atoms with E-state index in [0.717, 1.165) is 19.3 Å². The number of rotatable bonds is 6. The molecular formula is C18H28N4O4S. The first-order valence-electron chi connectivity index (χ1n) is 9.00. The molecule has 3 atom stereocenters. The molecule has 1 fully saturated rings. The SMILES string of the molecule is CNS(=O)(=O)c1cccc(NC(=O)C(C)NC(=O)C2CCCCC2(C)N)c1. The summed E-state index contributed by atoms with van der Waals surface area (Å²) in [4.78, 5) is 25.0. The topological polar surface area (TPSA) is 130 Å². The van der Waals surface area contributed by atoms with Crippen LogP contribution in [0.5, 0.6) is 0 Å². The van der Waals surface area contributed by atoms with Crippen LogP contribution in [0.1, 0.15) is 39.5 Å². The molecule has 0 aromatic heterocycles. The van der Waals surface area contributed by atoms with Crippen LogP contribution in [0.4, 0.5) is 5.69 Å². The van der Waals surface area contributed by atoms with Crippen LogP contribution in [0.15, 0.2) is 29.2 Å². The van der Waals surface area contributed by atoms with E-state index in [1.165, 1.54) is 25.2 Å². The molecule has 2 rings (SSSR count). The zero-order chi connectivity index (χ0) is 20.2. The van der Waals surface area contributed by atoms with E-state index in [0.29, 0.717) is 12.1 Å². The number of benzene rings is 1. The number of nitrogens with two attached hydrogens (primary N) is 1. The van der Waals surface area contributed by atoms with E-state index in [2.05, 4.69) is 15.4 Å². The highest BCUT2D eigenvalue weighted by atomic mass is 32.2. The third-order valence-electron chi connectivity index (χ3n) is 5.00. The molecule has 8 nitrogen and oxygen atoms in total. The maximum Gasteiger partial charge on any atom is 0.246 e. The summed E-state index contributed by atoms with van der Waals surface area (Å²) >= 11 is 0. The Hall–Kier alpha value is -1.97. The van der Waals surface area contributed by atoms with Crippen molar-refractivity contribution in [3.63, 3.8) is 0 Å². The van der Waals surface area contributed by atoms with E-state index in [-0.39, 0.29) is 16.7 Å². The Morgan fingerprint density at radius 3 is 2.63 bits per heavy atom. The van der Waals surface area contributed by atoms with E-state index in [1.54, 1.807) is 13.0 Å². The number of hydrogen-bond acceptors (Lipinski definition) is 5. The molecule has 0 heterocycles. The maximum atomic E-state index is 12.5. The van der Waals surface area contributed by atoms with E-state index in [1.807, 2.05) is 6.92 Å². The van der Waals surface area contributed by atoms with Crippen LogP contribution in [0.25, 0.3) is 0 Å². The first-order valence-corrected chi connectivity index (χ1v) is 10.5. The van der Waals surface area contributed by atoms with Gasteiger partial charge in [-0.2, -0.15) is 0 Å². The second-order valence-electron chi connectivity index (χ2n) is 7.26. The Kier molecular flexibility index (Phi) is 6.61. The van der Waals surface area contributed by atoms with E-state index in [9.17, 15) is 18.0 Å². The highest BCUT2D eigenvalue weighted by Crippen LogP contribution is 2.31. The van der Waals surface area contributed by atoms with Crippen molar-refractivity contribution in [1.29, 1.82) is 0 Å². The fourth-order valence-corrected chi connectivity index (χ4v) is 4.05. The largest absolute Gasteiger partial charge is 0.344 e. The van der Waals surface area contributed by atoms with Crippen molar-refractivity contribution in [2.24, 2.45) is 11.7 Å². The fourth-order valence-electron chi connectivity index (χ4n) is 3.28. The first kappa shape index (κ1) is 21.3. The van der Waals surface area contributed by atoms with Gasteiger partial charge in [0.25, 0.3) is 0 Å². The Morgan fingerprint density at radius 2 is 2.00 bits per heavy atom. The Balaban J connectivity index is 2.02. The Bertz CT molecular complexity index is 807. The summed E-state index contributed by atoms with van der Waals surface area (Å²) in [6.07, 6.45) is 3.42. The lowest BCUT2D eigenvalue weighted by Crippen LogP contribution is -2.55. The van der Waals surface area contributed by atoms with Crippen molar-refractivity contribution in [3.8, 4) is 0 Å². The highest BCUT2D eigenvalue weighted by molar-refractivity contribution is 7.89. The molecule has 9 heteroatoms. The average molecular weight is 397 g/mol. The van der Waals surface area contributed by atoms with Gasteiger partial charge in [-0.1, -0.05) is 18.9 Å². The molecule has 0 spiro atoms. The zero-order valence-electron chi connectivity index (χ0n) is 15.9. The van der Waals surface area contributed by atoms with Crippen molar-refractivity contribution in [2.45, 2.75) is 56.0 Å². The fraction of sp³-hybridized carbons (Fsp3) is 0.556. The average Bonchev–Trinajstić information content (AvgIpc) is 2.61. The molecular weight excluding hydrogens is 368 g/mol. The standard InChI is InChI=1S/C18H28N4O4S/c1-12(21-17(24)15-9-4-5-10-18(15,2)19)16(23)22-13-7-6-8-14(11-13)27(25,26)20-3/h6-8,11-12,15,20H,4-5,9-10,19H2,1-3H3,(H,21,24)(H,22,23). The van der Waals surface area contributed by atoms with Crippen molar-refractivity contribution in [1.82, 2.24) is 10.0 Å². The zero-order valence-corrected chi connectivity index (χ0v) is 16.7. The summed E-state index contributed by atoms with van der Waals surface area (Å²) in [7, 11) is -2.29. The number of anilines is 1. The third-order valence-corrected chi connectivity index (χ3v) is 6.42. The van der Waals surface area contributed by atoms with Crippen LogP contribution in [0.2, 0.25) is 0 Å². The highest BCUT2D eigenvalue weighted by Gasteiger charge is 2.38. The molecule has 1 aromatic rings. The molecule has 5 N–H and O–H groups in total. The van der Waals surface area contributed by atoms with Crippen molar-refractivity contribution < 1.29 is 18.0 Å². The van der Waals surface area contributed by atoms with Gasteiger partial charge in [-0.15, -0.1) is 0 Å². The molecule has 27 heavy (non-hydrogen) atoms. The molecule has 0 saturated heterocycles. The van der Waals surface area contributed by atoms with Gasteiger partial charge >= 0.3 is 0 Å². The number of carbonyl (C=O) groups excluding carboxylic acids is 2. The molecule has 0 aliphatic heterocycles. The van der Waals surface area contributed by atoms with Crippen LogP contribution in [0.3, 0.4) is 0 Å². The molecule has 3 unspecified atom stereocenters. The predicted octanol–water partition coefficient (Wildman–Crippen LogP) is 0.946. The maximum absolute atomic E-state index is 12.5. The van der Waals surface area contributed by atoms with Gasteiger partial charge in [-0.25, -0.2) is 13.1 Å². The minimum absolute atomic E-state index is 0.0422. The van der Waals surface area contributed by atoms with Gasteiger partial charge in [0, 0.05) is 11.2 Å². The van der Waals surface area contributed by atoms with Gasteiger partial charge < -0.3 is 16.4 Å². The number of sulfonamides is 1. The Labute approximate surface area is 160 Å². The monoisotopic (exact) mass is 396 g/mol. The van der Waals surface area contributed by atoms with Gasteiger partial charge in [0.05, 0.1) is 10.8 Å². The molecule has 1 aliphatic rings. The van der Waals surface area contributed by atoms with E-state index < -0.39 is 27.5 Å². The number of carbonyl (C=O) groups is 2. The van der Waals surface area contributed by atoms with Gasteiger partial charge in [-0.3, -0.25) is 9.59 Å². The lowest BCUT2D eigenvalue weighted by atomic mass is 9.74. The summed E-state index contributed by atoms with van der Waals surface area (Å²) in [5, 5.41) is 5.35. The van der Waals surface area contributed by atoms with Crippen LogP contribution < -0.4 is 21.1 Å². The molecule has 1 aromatic carbocycles. The minimum atomic E-state index is -3.61. The lowest BCUT2D eigenvalue weighted by molar-refractivity contribution is -0.131. The van der Waals surface area contributed by atoms with Crippen LogP contribution in [0, 0.1) is 5.92 Å². The van der Waals surface area contributed by atoms with Crippen molar-refractivity contribution >= 4 is 27.5 Å². The summed E-state index contributed by atoms with van der Waals surface area (Å²) in [5.41, 5.74) is 6.00. The molecule has 150 valence electrons. The lowest BCUT2D eigenvalue weighted by Gasteiger charge is -2.37. The summed E-state index contributed by atoms with van der Waals surface area (Å²) < 4.78 is 25.9. The third kappa shape index (κ3) is 5.27. The smallest absolute Gasteiger partial charge is 0.246 e. The van der Waals surface area contributed by atoms with E-state index >= 15 is 0 Å². The normalized spacial score (nSPS) is 24.1. The van der Waals surface area contributed by atoms with Gasteiger partial charge in [0.15, 0.2) is 0 Å². The molecule has 1 aliphatic carbocycles. The summed E-state index contributed by atoms with van der Waals surface area (Å²) in [5.74, 6) is -0.989. The second kappa shape index (κ2) is 8.37. The first-order chi connectivity index (χ1) is 12.6. The Morgan fingerprint density at radius 1 is 1.30 bits per heavy atom. The second-order valence-corrected chi connectivity index (χ2v) is 9.15. The molecule has 1 saturated carbocycles.